The van der Waals surface area contributed by atoms with E-state index in [0.717, 1.165) is 0 Å². The highest BCUT2D eigenvalue weighted by atomic mass is 35.5. The van der Waals surface area contributed by atoms with Gasteiger partial charge in [-0.05, 0) is 31.2 Å². The van der Waals surface area contributed by atoms with Gasteiger partial charge in [-0.1, -0.05) is 51.1 Å². The Morgan fingerprint density at radius 3 is 2.62 bits per heavy atom. The number of hydrogen-bond donors (Lipinski definition) is 0. The molecule has 1 aliphatic heterocycles. The number of carbonyl (C=O) groups is 1. The molecule has 1 atom stereocenters. The van der Waals surface area contributed by atoms with Gasteiger partial charge in [0.25, 0.3) is 0 Å². The predicted molar refractivity (Wildman–Crippen MR) is 153 cm³/mol. The van der Waals surface area contributed by atoms with E-state index in [0.29, 0.717) is 42.2 Å². The summed E-state index contributed by atoms with van der Waals surface area (Å²) in [5.74, 6) is -0.259. The lowest BCUT2D eigenvalue weighted by molar-refractivity contribution is -0.126. The summed E-state index contributed by atoms with van der Waals surface area (Å²) in [7, 11) is 0. The number of nitrogens with zero attached hydrogens (tertiary/aromatic N) is 7. The second kappa shape index (κ2) is 10.4. The molecule has 1 saturated heterocycles. The molecule has 0 spiro atoms. The highest BCUT2D eigenvalue weighted by molar-refractivity contribution is 6.33. The molecule has 206 valence electrons. The van der Waals surface area contributed by atoms with Crippen LogP contribution in [0.15, 0.2) is 60.3 Å². The van der Waals surface area contributed by atoms with Gasteiger partial charge in [0.1, 0.15) is 18.0 Å². The van der Waals surface area contributed by atoms with Crippen molar-refractivity contribution in [2.45, 2.75) is 39.2 Å². The van der Waals surface area contributed by atoms with Gasteiger partial charge in [0.2, 0.25) is 5.91 Å². The van der Waals surface area contributed by atoms with Crippen molar-refractivity contribution in [2.75, 3.05) is 24.5 Å². The molecule has 11 heteroatoms. The molecule has 5 rings (SSSR count). The van der Waals surface area contributed by atoms with Crippen molar-refractivity contribution in [3.63, 3.8) is 0 Å². The van der Waals surface area contributed by atoms with Gasteiger partial charge in [0, 0.05) is 36.7 Å². The Kier molecular flexibility index (Phi) is 7.14. The lowest BCUT2D eigenvalue weighted by atomic mass is 9.91. The molecule has 0 aliphatic carbocycles. The number of amides is 1. The quantitative estimate of drug-likeness (QED) is 0.337. The van der Waals surface area contributed by atoms with Crippen LogP contribution in [0.1, 0.15) is 33.4 Å². The minimum atomic E-state index is -0.589. The van der Waals surface area contributed by atoms with E-state index < -0.39 is 16.9 Å². The molecule has 1 fully saturated rings. The molecule has 0 bridgehead atoms. The normalized spacial score (nSPS) is 15.9. The van der Waals surface area contributed by atoms with Crippen LogP contribution in [0.2, 0.25) is 5.02 Å². The van der Waals surface area contributed by atoms with Crippen molar-refractivity contribution in [3.05, 3.63) is 82.5 Å². The Hall–Kier alpha value is -4.18. The van der Waals surface area contributed by atoms with Crippen LogP contribution in [0.25, 0.3) is 28.0 Å². The number of rotatable bonds is 4. The van der Waals surface area contributed by atoms with Crippen molar-refractivity contribution < 1.29 is 9.18 Å². The largest absolute Gasteiger partial charge is 0.355 e. The number of aromatic nitrogens is 5. The van der Waals surface area contributed by atoms with Crippen LogP contribution in [-0.2, 0) is 10.2 Å². The molecule has 1 aliphatic rings. The molecular weight excluding hydrogens is 533 g/mol. The second-order valence-electron chi connectivity index (χ2n) is 10.8. The number of halogens is 2. The molecular formula is C29H29ClFN7O2. The summed E-state index contributed by atoms with van der Waals surface area (Å²) in [5, 5.41) is 0.711. The number of hydrogen-bond acceptors (Lipinski definition) is 7. The number of pyridine rings is 1. The van der Waals surface area contributed by atoms with E-state index in [1.165, 1.54) is 23.0 Å². The first kappa shape index (κ1) is 27.4. The van der Waals surface area contributed by atoms with Gasteiger partial charge in [-0.15, -0.1) is 0 Å². The summed E-state index contributed by atoms with van der Waals surface area (Å²) in [6.45, 7) is 12.8. The van der Waals surface area contributed by atoms with Crippen LogP contribution in [0.4, 0.5) is 10.2 Å². The molecule has 4 heterocycles. The van der Waals surface area contributed by atoms with Gasteiger partial charge < -0.3 is 9.80 Å². The summed E-state index contributed by atoms with van der Waals surface area (Å²) < 4.78 is 16.2. The molecule has 3 aromatic heterocycles. The molecule has 1 aromatic carbocycles. The number of carbonyl (C=O) groups excluding carboxylic acids is 1. The average Bonchev–Trinajstić information content (AvgIpc) is 2.92. The van der Waals surface area contributed by atoms with Crippen LogP contribution in [-0.4, -0.2) is 61.0 Å². The summed E-state index contributed by atoms with van der Waals surface area (Å²) in [6, 6.07) is 7.69. The first-order valence-electron chi connectivity index (χ1n) is 12.9. The van der Waals surface area contributed by atoms with Crippen molar-refractivity contribution >= 4 is 34.4 Å². The molecule has 0 N–H and O–H groups in total. The monoisotopic (exact) mass is 561 g/mol. The SMILES string of the molecule is C=CC(=O)N1CCN(c2nc(=O)n(-c3cncnc3C(C)(C)C)c3nc(-c4ccccc4F)c(Cl)cc23)[C@@H](C)C1. The zero-order valence-electron chi connectivity index (χ0n) is 22.7. The Morgan fingerprint density at radius 2 is 1.95 bits per heavy atom. The van der Waals surface area contributed by atoms with Crippen LogP contribution in [0.3, 0.4) is 0 Å². The Labute approximate surface area is 236 Å². The lowest BCUT2D eigenvalue weighted by Crippen LogP contribution is -2.54. The third kappa shape index (κ3) is 4.83. The molecule has 0 unspecified atom stereocenters. The summed E-state index contributed by atoms with van der Waals surface area (Å²) in [4.78, 5) is 47.7. The van der Waals surface area contributed by atoms with E-state index in [-0.39, 0.29) is 33.9 Å². The molecule has 0 saturated carbocycles. The van der Waals surface area contributed by atoms with E-state index in [4.69, 9.17) is 16.6 Å². The lowest BCUT2D eigenvalue weighted by Gasteiger charge is -2.40. The van der Waals surface area contributed by atoms with Crippen LogP contribution in [0.5, 0.6) is 0 Å². The maximum atomic E-state index is 14.9. The van der Waals surface area contributed by atoms with Crippen molar-refractivity contribution in [3.8, 4) is 16.9 Å². The second-order valence-corrected chi connectivity index (χ2v) is 11.2. The van der Waals surface area contributed by atoms with E-state index >= 15 is 0 Å². The molecule has 1 amide bonds. The zero-order chi connectivity index (χ0) is 28.8. The maximum absolute atomic E-state index is 14.9. The molecule has 40 heavy (non-hydrogen) atoms. The minimum absolute atomic E-state index is 0.155. The highest BCUT2D eigenvalue weighted by Crippen LogP contribution is 2.36. The fraction of sp³-hybridized carbons (Fsp3) is 0.310. The van der Waals surface area contributed by atoms with Gasteiger partial charge >= 0.3 is 5.69 Å². The summed E-state index contributed by atoms with van der Waals surface area (Å²) in [6.07, 6.45) is 4.27. The summed E-state index contributed by atoms with van der Waals surface area (Å²) in [5.41, 5.74) is 0.663. The van der Waals surface area contributed by atoms with Gasteiger partial charge in [-0.2, -0.15) is 4.98 Å². The van der Waals surface area contributed by atoms with E-state index in [1.54, 1.807) is 35.4 Å². The van der Waals surface area contributed by atoms with E-state index in [2.05, 4.69) is 21.5 Å². The maximum Gasteiger partial charge on any atom is 0.355 e. The highest BCUT2D eigenvalue weighted by Gasteiger charge is 2.31. The average molecular weight is 562 g/mol. The van der Waals surface area contributed by atoms with Crippen LogP contribution < -0.4 is 10.6 Å². The molecule has 4 aromatic rings. The van der Waals surface area contributed by atoms with E-state index in [1.807, 2.05) is 32.6 Å². The predicted octanol–water partition coefficient (Wildman–Crippen LogP) is 4.55. The topological polar surface area (TPSA) is 97.1 Å². The number of piperazine rings is 1. The van der Waals surface area contributed by atoms with Crippen molar-refractivity contribution in [2.24, 2.45) is 0 Å². The van der Waals surface area contributed by atoms with Gasteiger partial charge in [-0.3, -0.25) is 4.79 Å². The summed E-state index contributed by atoms with van der Waals surface area (Å²) >= 11 is 6.73. The smallest absolute Gasteiger partial charge is 0.350 e. The molecule has 0 radical (unpaired) electrons. The zero-order valence-corrected chi connectivity index (χ0v) is 23.5. The molecule has 9 nitrogen and oxygen atoms in total. The number of benzene rings is 1. The minimum Gasteiger partial charge on any atom is -0.350 e. The Balaban J connectivity index is 1.80. The van der Waals surface area contributed by atoms with Crippen LogP contribution >= 0.6 is 11.6 Å². The number of anilines is 1. The first-order valence-corrected chi connectivity index (χ1v) is 13.3. The standard InChI is InChI=1S/C29H29ClFN7O2/c1-6-23(39)36-11-12-37(17(2)15-36)26-19-13-20(30)24(18-9-7-8-10-21(18)31)34-27(19)38(28(40)35-26)22-14-32-16-33-25(22)29(3,4)5/h6-10,13-14,16-17H,1,11-12,15H2,2-5H3/t17-/m0/s1. The van der Waals surface area contributed by atoms with Crippen molar-refractivity contribution in [1.29, 1.82) is 0 Å². The van der Waals surface area contributed by atoms with Gasteiger partial charge in [0.15, 0.2) is 5.65 Å². The number of fused-ring (bicyclic) bond motifs is 1. The fourth-order valence-electron chi connectivity index (χ4n) is 5.05. The Bertz CT molecular complexity index is 1700. The van der Waals surface area contributed by atoms with Crippen molar-refractivity contribution in [1.82, 2.24) is 29.4 Å². The van der Waals surface area contributed by atoms with Gasteiger partial charge in [-0.25, -0.2) is 28.7 Å². The van der Waals surface area contributed by atoms with Crippen LogP contribution in [0, 0.1) is 5.82 Å². The Morgan fingerprint density at radius 1 is 1.20 bits per heavy atom. The third-order valence-corrected chi connectivity index (χ3v) is 7.25. The fourth-order valence-corrected chi connectivity index (χ4v) is 5.30. The van der Waals surface area contributed by atoms with E-state index in [9.17, 15) is 14.0 Å². The van der Waals surface area contributed by atoms with Gasteiger partial charge in [0.05, 0.1) is 33.7 Å². The third-order valence-electron chi connectivity index (χ3n) is 6.96. The first-order chi connectivity index (χ1) is 19.0.